The molecule has 5 nitrogen and oxygen atoms in total. The minimum absolute atomic E-state index is 0.105. The Labute approximate surface area is 149 Å². The fourth-order valence-corrected chi connectivity index (χ4v) is 3.87. The highest BCUT2D eigenvalue weighted by Crippen LogP contribution is 2.33. The highest BCUT2D eigenvalue weighted by atomic mass is 19.1. The van der Waals surface area contributed by atoms with Crippen LogP contribution in [0.3, 0.4) is 0 Å². The van der Waals surface area contributed by atoms with E-state index in [-0.39, 0.29) is 11.9 Å². The number of nitrogens with two attached hydrogens (primary N) is 1. The van der Waals surface area contributed by atoms with Gasteiger partial charge in [-0.25, -0.2) is 4.39 Å². The molecule has 2 fully saturated rings. The van der Waals surface area contributed by atoms with Crippen molar-refractivity contribution in [1.82, 2.24) is 5.32 Å². The number of nitrogens with zero attached hydrogens (tertiary/aromatic N) is 1. The van der Waals surface area contributed by atoms with E-state index in [0.717, 1.165) is 43.0 Å². The first-order valence-corrected chi connectivity index (χ1v) is 9.29. The molecule has 1 aliphatic carbocycles. The fourth-order valence-electron chi connectivity index (χ4n) is 3.87. The van der Waals surface area contributed by atoms with Crippen LogP contribution < -0.4 is 21.3 Å². The van der Waals surface area contributed by atoms with Gasteiger partial charge in [0.1, 0.15) is 6.17 Å². The molecule has 1 amide bonds. The zero-order chi connectivity index (χ0) is 18.0. The molecule has 138 valence electrons. The van der Waals surface area contributed by atoms with E-state index in [1.165, 1.54) is 0 Å². The van der Waals surface area contributed by atoms with Crippen molar-refractivity contribution in [3.05, 3.63) is 17.7 Å². The van der Waals surface area contributed by atoms with Crippen molar-refractivity contribution in [2.45, 2.75) is 51.2 Å². The summed E-state index contributed by atoms with van der Waals surface area (Å²) in [5.41, 5.74) is 8.69. The largest absolute Gasteiger partial charge is 0.397 e. The molecular formula is C19H29FN4O. The monoisotopic (exact) mass is 348 g/mol. The van der Waals surface area contributed by atoms with Crippen LogP contribution in [0.25, 0.3) is 0 Å². The number of nitrogen functional groups attached to an aromatic ring is 1. The molecule has 3 rings (SSSR count). The number of carbonyl (C=O) groups is 1. The summed E-state index contributed by atoms with van der Waals surface area (Å²) >= 11 is 0. The molecule has 0 unspecified atom stereocenters. The lowest BCUT2D eigenvalue weighted by Crippen LogP contribution is -2.38. The van der Waals surface area contributed by atoms with Crippen molar-refractivity contribution in [3.8, 4) is 0 Å². The number of benzene rings is 1. The third-order valence-corrected chi connectivity index (χ3v) is 5.50. The second kappa shape index (κ2) is 7.50. The van der Waals surface area contributed by atoms with Gasteiger partial charge >= 0.3 is 0 Å². The van der Waals surface area contributed by atoms with Crippen molar-refractivity contribution in [2.75, 3.05) is 36.1 Å². The number of alkyl halides is 1. The van der Waals surface area contributed by atoms with Crippen LogP contribution in [0.2, 0.25) is 0 Å². The Balaban J connectivity index is 1.83. The molecule has 1 heterocycles. The van der Waals surface area contributed by atoms with E-state index in [2.05, 4.69) is 17.6 Å². The summed E-state index contributed by atoms with van der Waals surface area (Å²) in [6.07, 6.45) is 3.99. The van der Waals surface area contributed by atoms with Gasteiger partial charge in [-0.2, -0.15) is 0 Å². The number of carbonyl (C=O) groups excluding carboxylic acids is 1. The highest BCUT2D eigenvalue weighted by molar-refractivity contribution is 6.02. The summed E-state index contributed by atoms with van der Waals surface area (Å²) in [5, 5.41) is 6.21. The molecule has 1 saturated carbocycles. The molecule has 1 aliphatic heterocycles. The SMILES string of the molecule is CNc1cc(N2CC[C@H](F)C2)c(C(=O)NC2CCC(C)CC2)cc1N. The third-order valence-electron chi connectivity index (χ3n) is 5.50. The van der Waals surface area contributed by atoms with Crippen LogP contribution in [-0.2, 0) is 0 Å². The summed E-state index contributed by atoms with van der Waals surface area (Å²) in [5.74, 6) is 0.631. The van der Waals surface area contributed by atoms with Gasteiger partial charge in [0.2, 0.25) is 0 Å². The average Bonchev–Trinajstić information content (AvgIpc) is 3.03. The summed E-state index contributed by atoms with van der Waals surface area (Å²) in [4.78, 5) is 14.8. The van der Waals surface area contributed by atoms with Gasteiger partial charge in [0.25, 0.3) is 5.91 Å². The second-order valence-corrected chi connectivity index (χ2v) is 7.47. The average molecular weight is 348 g/mol. The fraction of sp³-hybridized carbons (Fsp3) is 0.632. The summed E-state index contributed by atoms with van der Waals surface area (Å²) in [6, 6.07) is 3.80. The number of amides is 1. The van der Waals surface area contributed by atoms with Crippen LogP contribution in [0.1, 0.15) is 49.4 Å². The van der Waals surface area contributed by atoms with Gasteiger partial charge in [0, 0.05) is 26.2 Å². The topological polar surface area (TPSA) is 70.4 Å². The summed E-state index contributed by atoms with van der Waals surface area (Å²) in [6.45, 7) is 3.21. The van der Waals surface area contributed by atoms with E-state index in [9.17, 15) is 9.18 Å². The van der Waals surface area contributed by atoms with E-state index in [4.69, 9.17) is 5.73 Å². The number of rotatable bonds is 4. The third kappa shape index (κ3) is 3.99. The molecule has 1 aromatic carbocycles. The minimum atomic E-state index is -0.841. The van der Waals surface area contributed by atoms with Gasteiger partial charge in [0.15, 0.2) is 0 Å². The van der Waals surface area contributed by atoms with Crippen LogP contribution in [-0.4, -0.2) is 38.3 Å². The predicted molar refractivity (Wildman–Crippen MR) is 101 cm³/mol. The second-order valence-electron chi connectivity index (χ2n) is 7.47. The van der Waals surface area contributed by atoms with Crippen molar-refractivity contribution in [2.24, 2.45) is 5.92 Å². The molecule has 0 bridgehead atoms. The number of hydrogen-bond donors (Lipinski definition) is 3. The smallest absolute Gasteiger partial charge is 0.253 e. The van der Waals surface area contributed by atoms with Crippen LogP contribution in [0.15, 0.2) is 12.1 Å². The first-order chi connectivity index (χ1) is 12.0. The molecule has 25 heavy (non-hydrogen) atoms. The first-order valence-electron chi connectivity index (χ1n) is 9.29. The molecule has 1 atom stereocenters. The van der Waals surface area contributed by atoms with E-state index < -0.39 is 6.17 Å². The lowest BCUT2D eigenvalue weighted by atomic mass is 9.87. The molecule has 4 N–H and O–H groups in total. The van der Waals surface area contributed by atoms with Gasteiger partial charge in [-0.1, -0.05) is 6.92 Å². The minimum Gasteiger partial charge on any atom is -0.397 e. The normalized spacial score (nSPS) is 26.5. The Bertz CT molecular complexity index is 628. The van der Waals surface area contributed by atoms with Gasteiger partial charge < -0.3 is 21.3 Å². The zero-order valence-corrected chi connectivity index (χ0v) is 15.1. The standard InChI is InChI=1S/C19H29FN4O/c1-12-3-5-14(6-4-12)23-19(25)15-9-16(21)17(22-2)10-18(15)24-8-7-13(20)11-24/h9-10,12-14,22H,3-8,11,21H2,1-2H3,(H,23,25)/t12?,13-,14?/m0/s1. The van der Waals surface area contributed by atoms with E-state index in [1.54, 1.807) is 13.1 Å². The Kier molecular flexibility index (Phi) is 5.35. The van der Waals surface area contributed by atoms with Crippen LogP contribution >= 0.6 is 0 Å². The molecule has 2 aliphatic rings. The first kappa shape index (κ1) is 17.8. The lowest BCUT2D eigenvalue weighted by Gasteiger charge is -2.28. The van der Waals surface area contributed by atoms with Crippen molar-refractivity contribution in [3.63, 3.8) is 0 Å². The number of hydrogen-bond acceptors (Lipinski definition) is 4. The number of nitrogens with one attached hydrogen (secondary N) is 2. The molecular weight excluding hydrogens is 319 g/mol. The van der Waals surface area contributed by atoms with Crippen LogP contribution in [0, 0.1) is 5.92 Å². The Hall–Kier alpha value is -1.98. The Morgan fingerprint density at radius 2 is 1.96 bits per heavy atom. The predicted octanol–water partition coefficient (Wildman–Crippen LogP) is 3.17. The zero-order valence-electron chi connectivity index (χ0n) is 15.1. The molecule has 0 spiro atoms. The number of anilines is 3. The van der Waals surface area contributed by atoms with Crippen molar-refractivity contribution in [1.29, 1.82) is 0 Å². The van der Waals surface area contributed by atoms with Gasteiger partial charge in [0.05, 0.1) is 22.6 Å². The molecule has 6 heteroatoms. The maximum atomic E-state index is 13.7. The van der Waals surface area contributed by atoms with Crippen molar-refractivity contribution >= 4 is 23.0 Å². The van der Waals surface area contributed by atoms with E-state index in [1.807, 2.05) is 11.0 Å². The molecule has 1 aromatic rings. The Morgan fingerprint density at radius 3 is 2.56 bits per heavy atom. The lowest BCUT2D eigenvalue weighted by molar-refractivity contribution is 0.0923. The molecule has 1 saturated heterocycles. The Morgan fingerprint density at radius 1 is 1.24 bits per heavy atom. The van der Waals surface area contributed by atoms with Gasteiger partial charge in [-0.05, 0) is 50.2 Å². The number of halogens is 1. The van der Waals surface area contributed by atoms with E-state index in [0.29, 0.717) is 30.8 Å². The summed E-state index contributed by atoms with van der Waals surface area (Å²) < 4.78 is 13.7. The maximum absolute atomic E-state index is 13.7. The molecule has 0 radical (unpaired) electrons. The van der Waals surface area contributed by atoms with Crippen molar-refractivity contribution < 1.29 is 9.18 Å². The highest BCUT2D eigenvalue weighted by Gasteiger charge is 2.28. The quantitative estimate of drug-likeness (QED) is 0.731. The van der Waals surface area contributed by atoms with Gasteiger partial charge in [-0.15, -0.1) is 0 Å². The van der Waals surface area contributed by atoms with Crippen LogP contribution in [0.5, 0.6) is 0 Å². The maximum Gasteiger partial charge on any atom is 0.253 e. The van der Waals surface area contributed by atoms with Gasteiger partial charge in [-0.3, -0.25) is 4.79 Å². The summed E-state index contributed by atoms with van der Waals surface area (Å²) in [7, 11) is 1.79. The van der Waals surface area contributed by atoms with E-state index >= 15 is 0 Å². The molecule has 0 aromatic heterocycles. The van der Waals surface area contributed by atoms with Crippen LogP contribution in [0.4, 0.5) is 21.5 Å².